The fourth-order valence-electron chi connectivity index (χ4n) is 1.23. The van der Waals surface area contributed by atoms with Crippen LogP contribution < -0.4 is 0 Å². The molecule has 0 aliphatic heterocycles. The lowest BCUT2D eigenvalue weighted by Crippen LogP contribution is -2.01. The molecule has 16 heavy (non-hydrogen) atoms. The van der Waals surface area contributed by atoms with Gasteiger partial charge in [-0.15, -0.1) is 0 Å². The minimum Gasteiger partial charge on any atom is -0.466 e. The van der Waals surface area contributed by atoms with E-state index in [-0.39, 0.29) is 5.97 Å². The molecule has 0 radical (unpaired) electrons. The summed E-state index contributed by atoms with van der Waals surface area (Å²) >= 11 is 3.39. The molecule has 0 atom stereocenters. The van der Waals surface area contributed by atoms with Crippen molar-refractivity contribution in [2.75, 3.05) is 6.61 Å². The van der Waals surface area contributed by atoms with E-state index in [1.165, 1.54) is 5.56 Å². The summed E-state index contributed by atoms with van der Waals surface area (Å²) in [5.74, 6) is -0.184. The third kappa shape index (κ3) is 4.62. The van der Waals surface area contributed by atoms with Crippen molar-refractivity contribution in [3.05, 3.63) is 41.5 Å². The zero-order valence-electron chi connectivity index (χ0n) is 9.28. The van der Waals surface area contributed by atoms with E-state index in [1.54, 1.807) is 6.92 Å². The molecular weight excluding hydrogens is 268 g/mol. The molecule has 0 aliphatic rings. The maximum Gasteiger partial charge on any atom is 0.309 e. The van der Waals surface area contributed by atoms with Gasteiger partial charge in [-0.3, -0.25) is 4.79 Å². The summed E-state index contributed by atoms with van der Waals surface area (Å²) in [5.41, 5.74) is 2.33. The second kappa shape index (κ2) is 7.23. The number of carbonyl (C=O) groups excluding carboxylic acids is 1. The molecule has 0 heterocycles. The second-order valence-electron chi connectivity index (χ2n) is 3.29. The van der Waals surface area contributed by atoms with Crippen molar-refractivity contribution in [2.24, 2.45) is 0 Å². The summed E-state index contributed by atoms with van der Waals surface area (Å²) in [6.45, 7) is 2.24. The standard InChI is InChI=1S/C13H15BrO2/c1-2-16-13(15)5-3-4-11-6-8-12(10-14)9-7-11/h3-4,6-9H,2,5,10H2,1H3. The highest BCUT2D eigenvalue weighted by Crippen LogP contribution is 2.09. The first kappa shape index (κ1) is 13.0. The van der Waals surface area contributed by atoms with Crippen molar-refractivity contribution in [1.82, 2.24) is 0 Å². The van der Waals surface area contributed by atoms with Gasteiger partial charge in [-0.05, 0) is 18.1 Å². The zero-order valence-corrected chi connectivity index (χ0v) is 10.9. The first-order valence-corrected chi connectivity index (χ1v) is 6.35. The molecule has 0 saturated carbocycles. The molecule has 0 spiro atoms. The molecule has 86 valence electrons. The average molecular weight is 283 g/mol. The van der Waals surface area contributed by atoms with Crippen LogP contribution >= 0.6 is 15.9 Å². The minimum atomic E-state index is -0.184. The van der Waals surface area contributed by atoms with Gasteiger partial charge in [0.15, 0.2) is 0 Å². The van der Waals surface area contributed by atoms with Crippen molar-refractivity contribution in [2.45, 2.75) is 18.7 Å². The molecule has 2 nitrogen and oxygen atoms in total. The third-order valence-electron chi connectivity index (χ3n) is 2.03. The zero-order chi connectivity index (χ0) is 11.8. The third-order valence-corrected chi connectivity index (χ3v) is 2.68. The minimum absolute atomic E-state index is 0.184. The summed E-state index contributed by atoms with van der Waals surface area (Å²) < 4.78 is 4.82. The normalized spacial score (nSPS) is 10.6. The summed E-state index contributed by atoms with van der Waals surface area (Å²) in [6, 6.07) is 8.16. The van der Waals surface area contributed by atoms with E-state index < -0.39 is 0 Å². The topological polar surface area (TPSA) is 26.3 Å². The molecule has 1 aromatic carbocycles. The van der Waals surface area contributed by atoms with Gasteiger partial charge in [0.25, 0.3) is 0 Å². The van der Waals surface area contributed by atoms with Gasteiger partial charge in [-0.1, -0.05) is 52.3 Å². The average Bonchev–Trinajstić information content (AvgIpc) is 2.30. The van der Waals surface area contributed by atoms with Gasteiger partial charge in [-0.2, -0.15) is 0 Å². The van der Waals surface area contributed by atoms with Gasteiger partial charge in [0, 0.05) is 5.33 Å². The first-order chi connectivity index (χ1) is 7.76. The SMILES string of the molecule is CCOC(=O)CC=Cc1ccc(CBr)cc1. The van der Waals surface area contributed by atoms with E-state index >= 15 is 0 Å². The predicted molar refractivity (Wildman–Crippen MR) is 69.4 cm³/mol. The highest BCUT2D eigenvalue weighted by molar-refractivity contribution is 9.08. The number of hydrogen-bond donors (Lipinski definition) is 0. The number of esters is 1. The number of carbonyl (C=O) groups is 1. The Morgan fingerprint density at radius 1 is 1.38 bits per heavy atom. The van der Waals surface area contributed by atoms with Crippen molar-refractivity contribution < 1.29 is 9.53 Å². The Morgan fingerprint density at radius 3 is 2.62 bits per heavy atom. The maximum absolute atomic E-state index is 11.1. The van der Waals surface area contributed by atoms with Gasteiger partial charge in [-0.25, -0.2) is 0 Å². The smallest absolute Gasteiger partial charge is 0.309 e. The van der Waals surface area contributed by atoms with Crippen LogP contribution in [0.2, 0.25) is 0 Å². The Bertz CT molecular complexity index is 355. The summed E-state index contributed by atoms with van der Waals surface area (Å²) in [7, 11) is 0. The van der Waals surface area contributed by atoms with Crippen molar-refractivity contribution in [1.29, 1.82) is 0 Å². The van der Waals surface area contributed by atoms with Crippen LogP contribution in [0.1, 0.15) is 24.5 Å². The maximum atomic E-state index is 11.1. The number of ether oxygens (including phenoxy) is 1. The summed E-state index contributed by atoms with van der Waals surface area (Å²) in [5, 5.41) is 0.861. The highest BCUT2D eigenvalue weighted by atomic mass is 79.9. The fraction of sp³-hybridized carbons (Fsp3) is 0.308. The Hall–Kier alpha value is -1.09. The molecule has 0 saturated heterocycles. The van der Waals surface area contributed by atoms with Crippen LogP contribution in [0.4, 0.5) is 0 Å². The first-order valence-electron chi connectivity index (χ1n) is 5.23. The Kier molecular flexibility index (Phi) is 5.86. The molecule has 1 rings (SSSR count). The van der Waals surface area contributed by atoms with Crippen LogP contribution in [0.3, 0.4) is 0 Å². The lowest BCUT2D eigenvalue weighted by Gasteiger charge is -1.98. The summed E-state index contributed by atoms with van der Waals surface area (Å²) in [4.78, 5) is 11.1. The molecule has 1 aromatic rings. The van der Waals surface area contributed by atoms with Gasteiger partial charge < -0.3 is 4.74 Å². The monoisotopic (exact) mass is 282 g/mol. The number of rotatable bonds is 5. The van der Waals surface area contributed by atoms with Crippen LogP contribution in [0.5, 0.6) is 0 Å². The van der Waals surface area contributed by atoms with Gasteiger partial charge in [0.05, 0.1) is 13.0 Å². The van der Waals surface area contributed by atoms with E-state index in [2.05, 4.69) is 28.1 Å². The van der Waals surface area contributed by atoms with E-state index in [0.29, 0.717) is 13.0 Å². The molecule has 0 fully saturated rings. The summed E-state index contributed by atoms with van der Waals surface area (Å²) in [6.07, 6.45) is 4.07. The highest BCUT2D eigenvalue weighted by Gasteiger charge is 1.96. The largest absolute Gasteiger partial charge is 0.466 e. The fourth-order valence-corrected chi connectivity index (χ4v) is 1.60. The van der Waals surface area contributed by atoms with Crippen LogP contribution in [0.25, 0.3) is 6.08 Å². The Morgan fingerprint density at radius 2 is 2.06 bits per heavy atom. The number of halogens is 1. The Balaban J connectivity index is 2.46. The molecule has 3 heteroatoms. The van der Waals surface area contributed by atoms with E-state index in [9.17, 15) is 4.79 Å². The predicted octanol–water partition coefficient (Wildman–Crippen LogP) is 3.55. The van der Waals surface area contributed by atoms with E-state index in [4.69, 9.17) is 4.74 Å². The lowest BCUT2D eigenvalue weighted by molar-refractivity contribution is -0.142. The van der Waals surface area contributed by atoms with Crippen molar-refractivity contribution in [3.63, 3.8) is 0 Å². The van der Waals surface area contributed by atoms with Crippen LogP contribution in [0.15, 0.2) is 30.3 Å². The second-order valence-corrected chi connectivity index (χ2v) is 3.85. The molecule has 0 aromatic heterocycles. The van der Waals surface area contributed by atoms with Crippen LogP contribution in [0, 0.1) is 0 Å². The van der Waals surface area contributed by atoms with Gasteiger partial charge in [0.1, 0.15) is 0 Å². The molecule has 0 aliphatic carbocycles. The van der Waals surface area contributed by atoms with Gasteiger partial charge >= 0.3 is 5.97 Å². The van der Waals surface area contributed by atoms with Gasteiger partial charge in [0.2, 0.25) is 0 Å². The quantitative estimate of drug-likeness (QED) is 0.610. The van der Waals surface area contributed by atoms with Crippen molar-refractivity contribution >= 4 is 28.0 Å². The van der Waals surface area contributed by atoms with Crippen LogP contribution in [-0.4, -0.2) is 12.6 Å². The Labute approximate surface area is 104 Å². The van der Waals surface area contributed by atoms with E-state index in [0.717, 1.165) is 10.9 Å². The molecule has 0 N–H and O–H groups in total. The van der Waals surface area contributed by atoms with Crippen LogP contribution in [-0.2, 0) is 14.9 Å². The molecule has 0 bridgehead atoms. The number of hydrogen-bond acceptors (Lipinski definition) is 2. The number of alkyl halides is 1. The van der Waals surface area contributed by atoms with Crippen molar-refractivity contribution in [3.8, 4) is 0 Å². The molecule has 0 unspecified atom stereocenters. The molecular formula is C13H15BrO2. The number of benzene rings is 1. The van der Waals surface area contributed by atoms with E-state index in [1.807, 2.05) is 24.3 Å². The lowest BCUT2D eigenvalue weighted by atomic mass is 10.1. The molecule has 0 amide bonds.